The number of nitrogens with zero attached hydrogens (tertiary/aromatic N) is 1. The minimum atomic E-state index is -0.0938. The molecular weight excluding hydrogens is 272 g/mol. The molecule has 1 saturated heterocycles. The van der Waals surface area contributed by atoms with Crippen LogP contribution in [0.15, 0.2) is 18.2 Å². The molecule has 0 saturated carbocycles. The van der Waals surface area contributed by atoms with Crippen molar-refractivity contribution in [1.82, 2.24) is 10.2 Å². The largest absolute Gasteiger partial charge is 0.497 e. The molecule has 1 fully saturated rings. The van der Waals surface area contributed by atoms with Crippen LogP contribution in [0.2, 0.25) is 0 Å². The molecule has 1 aliphatic rings. The summed E-state index contributed by atoms with van der Waals surface area (Å²) in [4.78, 5) is 14.2. The Hall–Kier alpha value is -1.79. The van der Waals surface area contributed by atoms with Gasteiger partial charge in [0, 0.05) is 32.7 Å². The first-order valence-electron chi connectivity index (χ1n) is 6.95. The van der Waals surface area contributed by atoms with Crippen LogP contribution in [0.1, 0.15) is 10.4 Å². The molecule has 2 rings (SSSR count). The minimum absolute atomic E-state index is 0.0249. The number of hydrogen-bond acceptors (Lipinski definition) is 5. The standard InChI is InChI=1S/C15H22N2O4/c1-17(10-12-9-16-6-7-21-12)15(18)13-5-4-11(19-2)8-14(13)20-3/h4-5,8,12,16H,6-7,9-10H2,1-3H3. The van der Waals surface area contributed by atoms with E-state index >= 15 is 0 Å². The Morgan fingerprint density at radius 3 is 2.86 bits per heavy atom. The third-order valence-electron chi connectivity index (χ3n) is 3.47. The molecule has 0 spiro atoms. The molecule has 0 aromatic heterocycles. The summed E-state index contributed by atoms with van der Waals surface area (Å²) in [6.45, 7) is 2.84. The monoisotopic (exact) mass is 294 g/mol. The van der Waals surface area contributed by atoms with Crippen LogP contribution in [0.3, 0.4) is 0 Å². The topological polar surface area (TPSA) is 60.0 Å². The van der Waals surface area contributed by atoms with Gasteiger partial charge < -0.3 is 24.4 Å². The highest BCUT2D eigenvalue weighted by Gasteiger charge is 2.22. The number of likely N-dealkylation sites (N-methyl/N-ethyl adjacent to an activating group) is 1. The van der Waals surface area contributed by atoms with Gasteiger partial charge in [-0.2, -0.15) is 0 Å². The van der Waals surface area contributed by atoms with Crippen molar-refractivity contribution in [3.8, 4) is 11.5 Å². The predicted octanol–water partition coefficient (Wildman–Crippen LogP) is 0.764. The lowest BCUT2D eigenvalue weighted by atomic mass is 10.1. The van der Waals surface area contributed by atoms with E-state index in [-0.39, 0.29) is 12.0 Å². The highest BCUT2D eigenvalue weighted by atomic mass is 16.5. The maximum atomic E-state index is 12.5. The smallest absolute Gasteiger partial charge is 0.257 e. The van der Waals surface area contributed by atoms with Crippen LogP contribution in [0.5, 0.6) is 11.5 Å². The van der Waals surface area contributed by atoms with Gasteiger partial charge in [0.15, 0.2) is 0 Å². The molecule has 0 radical (unpaired) electrons. The molecule has 6 heteroatoms. The molecule has 6 nitrogen and oxygen atoms in total. The van der Waals surface area contributed by atoms with Gasteiger partial charge in [-0.1, -0.05) is 0 Å². The zero-order valence-electron chi connectivity index (χ0n) is 12.7. The van der Waals surface area contributed by atoms with E-state index in [1.807, 2.05) is 0 Å². The average Bonchev–Trinajstić information content (AvgIpc) is 2.54. The summed E-state index contributed by atoms with van der Waals surface area (Å²) in [6, 6.07) is 5.18. The fraction of sp³-hybridized carbons (Fsp3) is 0.533. The Labute approximate surface area is 125 Å². The second kappa shape index (κ2) is 7.28. The number of ether oxygens (including phenoxy) is 3. The summed E-state index contributed by atoms with van der Waals surface area (Å²) in [5.41, 5.74) is 0.518. The lowest BCUT2D eigenvalue weighted by Gasteiger charge is -2.28. The van der Waals surface area contributed by atoms with Crippen LogP contribution in [0, 0.1) is 0 Å². The third-order valence-corrected chi connectivity index (χ3v) is 3.47. The molecule has 1 aromatic carbocycles. The zero-order chi connectivity index (χ0) is 15.2. The highest BCUT2D eigenvalue weighted by molar-refractivity contribution is 5.97. The number of amides is 1. The van der Waals surface area contributed by atoms with Crippen molar-refractivity contribution in [2.75, 3.05) is 47.5 Å². The number of rotatable bonds is 5. The fourth-order valence-corrected chi connectivity index (χ4v) is 2.31. The second-order valence-corrected chi connectivity index (χ2v) is 4.95. The number of benzene rings is 1. The van der Waals surface area contributed by atoms with Crippen molar-refractivity contribution < 1.29 is 19.0 Å². The Kier molecular flexibility index (Phi) is 5.41. The lowest BCUT2D eigenvalue weighted by molar-refractivity contribution is 0.0103. The first kappa shape index (κ1) is 15.6. The fourth-order valence-electron chi connectivity index (χ4n) is 2.31. The van der Waals surface area contributed by atoms with Crippen molar-refractivity contribution in [1.29, 1.82) is 0 Å². The molecule has 1 aliphatic heterocycles. The lowest BCUT2D eigenvalue weighted by Crippen LogP contribution is -2.45. The molecule has 0 aliphatic carbocycles. The Morgan fingerprint density at radius 1 is 1.43 bits per heavy atom. The second-order valence-electron chi connectivity index (χ2n) is 4.95. The van der Waals surface area contributed by atoms with Gasteiger partial charge in [0.05, 0.1) is 32.5 Å². The van der Waals surface area contributed by atoms with Gasteiger partial charge in [0.25, 0.3) is 5.91 Å². The molecule has 1 amide bonds. The number of carbonyl (C=O) groups is 1. The Morgan fingerprint density at radius 2 is 2.24 bits per heavy atom. The van der Waals surface area contributed by atoms with Crippen LogP contribution in [-0.4, -0.2) is 64.4 Å². The summed E-state index contributed by atoms with van der Waals surface area (Å²) < 4.78 is 16.0. The molecule has 116 valence electrons. The summed E-state index contributed by atoms with van der Waals surface area (Å²) >= 11 is 0. The van der Waals surface area contributed by atoms with Crippen molar-refractivity contribution in [3.63, 3.8) is 0 Å². The number of nitrogens with one attached hydrogen (secondary N) is 1. The number of methoxy groups -OCH3 is 2. The summed E-state index contributed by atoms with van der Waals surface area (Å²) in [5, 5.41) is 3.25. The zero-order valence-corrected chi connectivity index (χ0v) is 12.7. The Balaban J connectivity index is 2.07. The maximum Gasteiger partial charge on any atom is 0.257 e. The molecule has 1 aromatic rings. The molecule has 1 atom stereocenters. The maximum absolute atomic E-state index is 12.5. The first-order chi connectivity index (χ1) is 10.2. The van der Waals surface area contributed by atoms with Crippen LogP contribution < -0.4 is 14.8 Å². The van der Waals surface area contributed by atoms with E-state index in [9.17, 15) is 4.79 Å². The number of morpholine rings is 1. The molecular formula is C15H22N2O4. The molecule has 1 unspecified atom stereocenters. The average molecular weight is 294 g/mol. The van der Waals surface area contributed by atoms with E-state index in [4.69, 9.17) is 14.2 Å². The first-order valence-corrected chi connectivity index (χ1v) is 6.95. The van der Waals surface area contributed by atoms with Crippen LogP contribution >= 0.6 is 0 Å². The van der Waals surface area contributed by atoms with E-state index in [0.717, 1.165) is 13.1 Å². The van der Waals surface area contributed by atoms with Gasteiger partial charge in [-0.25, -0.2) is 0 Å². The normalized spacial score (nSPS) is 18.1. The van der Waals surface area contributed by atoms with Crippen LogP contribution in [0.4, 0.5) is 0 Å². The summed E-state index contributed by atoms with van der Waals surface area (Å²) in [6.07, 6.45) is 0.0249. The van der Waals surface area contributed by atoms with E-state index in [0.29, 0.717) is 30.2 Å². The molecule has 21 heavy (non-hydrogen) atoms. The van der Waals surface area contributed by atoms with Gasteiger partial charge in [0.1, 0.15) is 11.5 Å². The van der Waals surface area contributed by atoms with E-state index in [1.54, 1.807) is 44.4 Å². The van der Waals surface area contributed by atoms with Crippen LogP contribution in [-0.2, 0) is 4.74 Å². The van der Waals surface area contributed by atoms with E-state index in [1.165, 1.54) is 0 Å². The van der Waals surface area contributed by atoms with Crippen molar-refractivity contribution in [2.45, 2.75) is 6.10 Å². The SMILES string of the molecule is COc1ccc(C(=O)N(C)CC2CNCCO2)c(OC)c1. The highest BCUT2D eigenvalue weighted by Crippen LogP contribution is 2.25. The van der Waals surface area contributed by atoms with Gasteiger partial charge in [-0.15, -0.1) is 0 Å². The van der Waals surface area contributed by atoms with Crippen molar-refractivity contribution in [3.05, 3.63) is 23.8 Å². The summed E-state index contributed by atoms with van der Waals surface area (Å²) in [7, 11) is 4.89. The number of hydrogen-bond donors (Lipinski definition) is 1. The number of carbonyl (C=O) groups excluding carboxylic acids is 1. The van der Waals surface area contributed by atoms with E-state index in [2.05, 4.69) is 5.32 Å². The molecule has 1 heterocycles. The minimum Gasteiger partial charge on any atom is -0.497 e. The van der Waals surface area contributed by atoms with Gasteiger partial charge in [0.2, 0.25) is 0 Å². The molecule has 0 bridgehead atoms. The van der Waals surface area contributed by atoms with Crippen molar-refractivity contribution in [2.24, 2.45) is 0 Å². The van der Waals surface area contributed by atoms with Crippen LogP contribution in [0.25, 0.3) is 0 Å². The predicted molar refractivity (Wildman–Crippen MR) is 79.1 cm³/mol. The van der Waals surface area contributed by atoms with E-state index < -0.39 is 0 Å². The third kappa shape index (κ3) is 3.86. The van der Waals surface area contributed by atoms with Gasteiger partial charge >= 0.3 is 0 Å². The quantitative estimate of drug-likeness (QED) is 0.869. The molecule has 1 N–H and O–H groups in total. The Bertz CT molecular complexity index is 487. The van der Waals surface area contributed by atoms with Crippen molar-refractivity contribution >= 4 is 5.91 Å². The van der Waals surface area contributed by atoms with Gasteiger partial charge in [-0.3, -0.25) is 4.79 Å². The van der Waals surface area contributed by atoms with Gasteiger partial charge in [-0.05, 0) is 12.1 Å². The summed E-state index contributed by atoms with van der Waals surface area (Å²) in [5.74, 6) is 1.07.